The minimum atomic E-state index is 1.01. The van der Waals surface area contributed by atoms with Gasteiger partial charge in [0, 0.05) is 16.2 Å². The Balaban J connectivity index is 2.11. The van der Waals surface area contributed by atoms with Crippen molar-refractivity contribution in [2.45, 2.75) is 0 Å². The number of hydrogen-bond acceptors (Lipinski definition) is 1. The molecular formula is C21H12N2. The Morgan fingerprint density at radius 1 is 0.652 bits per heavy atom. The van der Waals surface area contributed by atoms with Gasteiger partial charge in [-0.15, -0.1) is 0 Å². The molecule has 0 aliphatic carbocycles. The normalized spacial score (nSPS) is 12.3. The summed E-state index contributed by atoms with van der Waals surface area (Å²) in [5, 5.41) is 7.83. The highest BCUT2D eigenvalue weighted by Crippen LogP contribution is 2.38. The van der Waals surface area contributed by atoms with Crippen LogP contribution in [-0.2, 0) is 0 Å². The molecule has 2 nitrogen and oxygen atoms in total. The zero-order valence-corrected chi connectivity index (χ0v) is 12.3. The predicted octanol–water partition coefficient (Wildman–Crippen LogP) is 5.38. The Bertz CT molecular complexity index is 1340. The molecule has 0 amide bonds. The number of nitrogens with zero attached hydrogens (tertiary/aromatic N) is 2. The molecule has 6 rings (SSSR count). The van der Waals surface area contributed by atoms with Crippen molar-refractivity contribution in [1.82, 2.24) is 9.38 Å². The predicted molar refractivity (Wildman–Crippen MR) is 96.4 cm³/mol. The van der Waals surface area contributed by atoms with Crippen molar-refractivity contribution in [3.05, 3.63) is 72.9 Å². The smallest absolute Gasteiger partial charge is 0.137 e. The van der Waals surface area contributed by atoms with Crippen LogP contribution in [0.25, 0.3) is 49.0 Å². The molecule has 0 saturated heterocycles. The summed E-state index contributed by atoms with van der Waals surface area (Å²) in [6.45, 7) is 0. The molecule has 3 aromatic carbocycles. The molecule has 3 heterocycles. The lowest BCUT2D eigenvalue weighted by Crippen LogP contribution is -1.93. The van der Waals surface area contributed by atoms with E-state index in [0.717, 1.165) is 5.65 Å². The SMILES string of the molecule is c1ccc2c(c1)cc1c3c2cccc3c2cnc3cccc1n32. The summed E-state index contributed by atoms with van der Waals surface area (Å²) in [7, 11) is 0. The molecule has 0 aliphatic heterocycles. The van der Waals surface area contributed by atoms with Crippen LogP contribution in [0.3, 0.4) is 0 Å². The quantitative estimate of drug-likeness (QED) is 0.271. The average Bonchev–Trinajstić information content (AvgIpc) is 3.04. The van der Waals surface area contributed by atoms with E-state index in [1.807, 2.05) is 6.20 Å². The van der Waals surface area contributed by atoms with Crippen LogP contribution >= 0.6 is 0 Å². The van der Waals surface area contributed by atoms with Gasteiger partial charge in [0.1, 0.15) is 5.65 Å². The van der Waals surface area contributed by atoms with Crippen LogP contribution in [0.1, 0.15) is 0 Å². The molecule has 0 fully saturated rings. The van der Waals surface area contributed by atoms with Gasteiger partial charge in [-0.25, -0.2) is 4.98 Å². The largest absolute Gasteiger partial charge is 0.292 e. The fourth-order valence-electron chi connectivity index (χ4n) is 4.02. The lowest BCUT2D eigenvalue weighted by molar-refractivity contribution is 1.30. The highest BCUT2D eigenvalue weighted by Gasteiger charge is 2.14. The van der Waals surface area contributed by atoms with Gasteiger partial charge in [-0.2, -0.15) is 0 Å². The van der Waals surface area contributed by atoms with Crippen molar-refractivity contribution < 1.29 is 0 Å². The van der Waals surface area contributed by atoms with Crippen molar-refractivity contribution >= 4 is 49.0 Å². The molecule has 0 saturated carbocycles. The summed E-state index contributed by atoms with van der Waals surface area (Å²) in [6.07, 6.45) is 1.99. The highest BCUT2D eigenvalue weighted by atomic mass is 15.0. The minimum absolute atomic E-state index is 1.01. The second kappa shape index (κ2) is 3.79. The van der Waals surface area contributed by atoms with Gasteiger partial charge in [0.2, 0.25) is 0 Å². The Kier molecular flexibility index (Phi) is 1.89. The van der Waals surface area contributed by atoms with E-state index in [2.05, 4.69) is 76.1 Å². The Morgan fingerprint density at radius 3 is 2.48 bits per heavy atom. The monoisotopic (exact) mass is 292 g/mol. The van der Waals surface area contributed by atoms with E-state index >= 15 is 0 Å². The summed E-state index contributed by atoms with van der Waals surface area (Å²) < 4.78 is 2.27. The second-order valence-electron chi connectivity index (χ2n) is 6.12. The second-order valence-corrected chi connectivity index (χ2v) is 6.12. The van der Waals surface area contributed by atoms with Crippen molar-refractivity contribution in [2.24, 2.45) is 0 Å². The summed E-state index contributed by atoms with van der Waals surface area (Å²) in [5.74, 6) is 0. The van der Waals surface area contributed by atoms with Crippen molar-refractivity contribution in [3.8, 4) is 0 Å². The Hall–Kier alpha value is -3.13. The molecule has 0 aliphatic rings. The summed E-state index contributed by atoms with van der Waals surface area (Å²) >= 11 is 0. The zero-order valence-electron chi connectivity index (χ0n) is 12.3. The minimum Gasteiger partial charge on any atom is -0.292 e. The molecular weight excluding hydrogens is 280 g/mol. The third-order valence-electron chi connectivity index (χ3n) is 4.97. The maximum Gasteiger partial charge on any atom is 0.137 e. The molecule has 0 unspecified atom stereocenters. The average molecular weight is 292 g/mol. The summed E-state index contributed by atoms with van der Waals surface area (Å²) in [5.41, 5.74) is 3.42. The van der Waals surface area contributed by atoms with Gasteiger partial charge in [0.15, 0.2) is 0 Å². The molecule has 3 aromatic heterocycles. The standard InChI is InChI=1S/C21H12N2/c1-2-6-14-13(5-1)11-17-18-9-4-10-20-22-12-19(23(18)20)16-8-3-7-15(14)21(16)17/h1-12H. The van der Waals surface area contributed by atoms with Gasteiger partial charge in [0.05, 0.1) is 17.2 Å². The third kappa shape index (κ3) is 1.28. The Labute approximate surface area is 131 Å². The number of aromatic nitrogens is 2. The van der Waals surface area contributed by atoms with Gasteiger partial charge in [-0.05, 0) is 34.4 Å². The number of benzene rings is 3. The van der Waals surface area contributed by atoms with Gasteiger partial charge in [-0.3, -0.25) is 4.40 Å². The number of fused-ring (bicyclic) bond motifs is 4. The molecule has 23 heavy (non-hydrogen) atoms. The molecule has 0 atom stereocenters. The number of pyridine rings is 2. The van der Waals surface area contributed by atoms with Gasteiger partial charge in [-0.1, -0.05) is 48.5 Å². The van der Waals surface area contributed by atoms with Crippen LogP contribution in [0.4, 0.5) is 0 Å². The van der Waals surface area contributed by atoms with E-state index < -0.39 is 0 Å². The van der Waals surface area contributed by atoms with E-state index in [1.54, 1.807) is 0 Å². The lowest BCUT2D eigenvalue weighted by atomic mass is 9.95. The fourth-order valence-corrected chi connectivity index (χ4v) is 4.02. The molecule has 0 bridgehead atoms. The van der Waals surface area contributed by atoms with Gasteiger partial charge < -0.3 is 0 Å². The van der Waals surface area contributed by atoms with Crippen LogP contribution in [0.15, 0.2) is 72.9 Å². The van der Waals surface area contributed by atoms with Gasteiger partial charge >= 0.3 is 0 Å². The van der Waals surface area contributed by atoms with Crippen LogP contribution in [-0.4, -0.2) is 9.38 Å². The van der Waals surface area contributed by atoms with Crippen LogP contribution in [0.5, 0.6) is 0 Å². The fraction of sp³-hybridized carbons (Fsp3) is 0. The van der Waals surface area contributed by atoms with E-state index in [-0.39, 0.29) is 0 Å². The van der Waals surface area contributed by atoms with Crippen molar-refractivity contribution in [3.63, 3.8) is 0 Å². The first kappa shape index (κ1) is 11.4. The number of rotatable bonds is 0. The molecule has 106 valence electrons. The van der Waals surface area contributed by atoms with Crippen molar-refractivity contribution in [1.29, 1.82) is 0 Å². The molecule has 6 aromatic rings. The summed E-state index contributed by atoms with van der Waals surface area (Å²) in [6, 6.07) is 23.9. The maximum atomic E-state index is 4.59. The summed E-state index contributed by atoms with van der Waals surface area (Å²) in [4.78, 5) is 4.59. The van der Waals surface area contributed by atoms with E-state index in [9.17, 15) is 0 Å². The van der Waals surface area contributed by atoms with Crippen molar-refractivity contribution in [2.75, 3.05) is 0 Å². The molecule has 0 radical (unpaired) electrons. The third-order valence-corrected chi connectivity index (χ3v) is 4.97. The van der Waals surface area contributed by atoms with Crippen LogP contribution < -0.4 is 0 Å². The lowest BCUT2D eigenvalue weighted by Gasteiger charge is -2.14. The molecule has 2 heteroatoms. The first-order valence-corrected chi connectivity index (χ1v) is 7.83. The molecule has 0 N–H and O–H groups in total. The number of hydrogen-bond donors (Lipinski definition) is 0. The zero-order chi connectivity index (χ0) is 15.0. The van der Waals surface area contributed by atoms with Gasteiger partial charge in [0.25, 0.3) is 0 Å². The number of imidazole rings is 1. The highest BCUT2D eigenvalue weighted by molar-refractivity contribution is 6.27. The first-order valence-electron chi connectivity index (χ1n) is 7.83. The van der Waals surface area contributed by atoms with Crippen LogP contribution in [0.2, 0.25) is 0 Å². The topological polar surface area (TPSA) is 17.3 Å². The van der Waals surface area contributed by atoms with E-state index in [4.69, 9.17) is 0 Å². The van der Waals surface area contributed by atoms with E-state index in [1.165, 1.54) is 43.4 Å². The first-order chi connectivity index (χ1) is 11.4. The Morgan fingerprint density at radius 2 is 1.48 bits per heavy atom. The molecule has 0 spiro atoms. The maximum absolute atomic E-state index is 4.59. The van der Waals surface area contributed by atoms with Crippen LogP contribution in [0, 0.1) is 0 Å². The van der Waals surface area contributed by atoms with E-state index in [0.29, 0.717) is 0 Å².